The number of aromatic nitrogens is 1. The second-order valence-electron chi connectivity index (χ2n) is 7.45. The number of likely N-dealkylation sites (tertiary alicyclic amines) is 1. The molecule has 0 bridgehead atoms. The molecule has 0 radical (unpaired) electrons. The number of carbonyl (C=O) groups excluding carboxylic acids is 3. The standard InChI is InChI=1S/C18H23N5O4/c24-16-6-5-13(20-21-16)18(26)23-7-1-2-11(10-23)9-19-17(25)15-8-14(22-27-15)12-3-4-12/h8,11-12H,1-7,9-10H2,(H,19,25)(H,21,24). The smallest absolute Gasteiger partial charge is 0.289 e. The summed E-state index contributed by atoms with van der Waals surface area (Å²) in [4.78, 5) is 37.8. The van der Waals surface area contributed by atoms with Crippen molar-refractivity contribution in [1.82, 2.24) is 20.8 Å². The summed E-state index contributed by atoms with van der Waals surface area (Å²) in [7, 11) is 0. The minimum absolute atomic E-state index is 0.129. The molecule has 3 heterocycles. The molecule has 9 nitrogen and oxygen atoms in total. The number of hydrogen-bond donors (Lipinski definition) is 2. The molecule has 0 aromatic carbocycles. The second kappa shape index (κ2) is 7.50. The molecule has 2 fully saturated rings. The molecule has 1 aliphatic carbocycles. The maximum absolute atomic E-state index is 12.6. The lowest BCUT2D eigenvalue weighted by atomic mass is 9.97. The molecule has 0 spiro atoms. The number of hydrogen-bond acceptors (Lipinski definition) is 6. The molecule has 2 aliphatic heterocycles. The molecule has 2 N–H and O–H groups in total. The van der Waals surface area contributed by atoms with Gasteiger partial charge in [-0.05, 0) is 31.6 Å². The first-order valence-corrected chi connectivity index (χ1v) is 9.49. The van der Waals surface area contributed by atoms with E-state index in [-0.39, 0.29) is 35.8 Å². The Labute approximate surface area is 156 Å². The molecule has 1 aromatic heterocycles. The van der Waals surface area contributed by atoms with E-state index in [0.717, 1.165) is 31.4 Å². The van der Waals surface area contributed by atoms with Gasteiger partial charge in [0, 0.05) is 44.5 Å². The van der Waals surface area contributed by atoms with Crippen molar-refractivity contribution in [3.8, 4) is 0 Å². The first kappa shape index (κ1) is 17.7. The van der Waals surface area contributed by atoms with E-state index in [1.807, 2.05) is 0 Å². The second-order valence-corrected chi connectivity index (χ2v) is 7.45. The SMILES string of the molecule is O=C1CCC(C(=O)N2CCCC(CNC(=O)c3cc(C4CC4)no3)C2)=NN1. The van der Waals surface area contributed by atoms with Crippen LogP contribution in [0.1, 0.15) is 60.7 Å². The van der Waals surface area contributed by atoms with E-state index in [0.29, 0.717) is 37.7 Å². The van der Waals surface area contributed by atoms with Gasteiger partial charge in [0.25, 0.3) is 11.8 Å². The van der Waals surface area contributed by atoms with E-state index in [1.165, 1.54) is 0 Å². The third-order valence-corrected chi connectivity index (χ3v) is 5.26. The van der Waals surface area contributed by atoms with E-state index < -0.39 is 0 Å². The van der Waals surface area contributed by atoms with Gasteiger partial charge in [-0.1, -0.05) is 5.16 Å². The molecule has 1 unspecified atom stereocenters. The molecule has 3 aliphatic rings. The van der Waals surface area contributed by atoms with E-state index >= 15 is 0 Å². The summed E-state index contributed by atoms with van der Waals surface area (Å²) < 4.78 is 5.14. The number of hydrazone groups is 1. The predicted molar refractivity (Wildman–Crippen MR) is 94.9 cm³/mol. The van der Waals surface area contributed by atoms with Crippen molar-refractivity contribution >= 4 is 23.4 Å². The maximum atomic E-state index is 12.6. The van der Waals surface area contributed by atoms with Crippen LogP contribution in [0.15, 0.2) is 15.7 Å². The summed E-state index contributed by atoms with van der Waals surface area (Å²) >= 11 is 0. The number of nitrogens with zero attached hydrogens (tertiary/aromatic N) is 3. The number of nitrogens with one attached hydrogen (secondary N) is 2. The Morgan fingerprint density at radius 1 is 1.30 bits per heavy atom. The van der Waals surface area contributed by atoms with Gasteiger partial charge >= 0.3 is 0 Å². The van der Waals surface area contributed by atoms with Crippen LogP contribution in [0.4, 0.5) is 0 Å². The monoisotopic (exact) mass is 373 g/mol. The summed E-state index contributed by atoms with van der Waals surface area (Å²) in [5.74, 6) is 0.306. The van der Waals surface area contributed by atoms with Gasteiger partial charge in [0.05, 0.1) is 5.69 Å². The molecular formula is C18H23N5O4. The van der Waals surface area contributed by atoms with Crippen molar-refractivity contribution in [2.75, 3.05) is 19.6 Å². The van der Waals surface area contributed by atoms with Crippen LogP contribution in [-0.2, 0) is 9.59 Å². The Kier molecular flexibility index (Phi) is 4.91. The molecule has 3 amide bonds. The van der Waals surface area contributed by atoms with Crippen LogP contribution in [0, 0.1) is 5.92 Å². The zero-order valence-electron chi connectivity index (χ0n) is 15.1. The Balaban J connectivity index is 1.28. The van der Waals surface area contributed by atoms with Gasteiger partial charge in [-0.2, -0.15) is 5.10 Å². The fraction of sp³-hybridized carbons (Fsp3) is 0.611. The zero-order valence-corrected chi connectivity index (χ0v) is 15.1. The Hall–Kier alpha value is -2.71. The summed E-state index contributed by atoms with van der Waals surface area (Å²) in [5, 5.41) is 10.7. The summed E-state index contributed by atoms with van der Waals surface area (Å²) in [6, 6.07) is 1.72. The van der Waals surface area contributed by atoms with Gasteiger partial charge in [-0.15, -0.1) is 0 Å². The van der Waals surface area contributed by atoms with Gasteiger partial charge < -0.3 is 14.7 Å². The van der Waals surface area contributed by atoms with Crippen LogP contribution in [-0.4, -0.2) is 53.1 Å². The average Bonchev–Trinajstić information content (AvgIpc) is 3.43. The normalized spacial score (nSPS) is 22.8. The fourth-order valence-electron chi connectivity index (χ4n) is 3.52. The summed E-state index contributed by atoms with van der Waals surface area (Å²) in [5.41, 5.74) is 3.62. The Bertz CT molecular complexity index is 782. The van der Waals surface area contributed by atoms with E-state index in [1.54, 1.807) is 11.0 Å². The highest BCUT2D eigenvalue weighted by Crippen LogP contribution is 2.39. The van der Waals surface area contributed by atoms with Gasteiger partial charge in [0.1, 0.15) is 5.71 Å². The predicted octanol–water partition coefficient (Wildman–Crippen LogP) is 0.786. The lowest BCUT2D eigenvalue weighted by molar-refractivity contribution is -0.126. The highest BCUT2D eigenvalue weighted by molar-refractivity contribution is 6.39. The van der Waals surface area contributed by atoms with Crippen molar-refractivity contribution in [3.63, 3.8) is 0 Å². The molecule has 27 heavy (non-hydrogen) atoms. The molecule has 1 aromatic rings. The zero-order chi connectivity index (χ0) is 18.8. The van der Waals surface area contributed by atoms with Gasteiger partial charge in [0.15, 0.2) is 0 Å². The van der Waals surface area contributed by atoms with Crippen molar-refractivity contribution in [2.24, 2.45) is 11.0 Å². The van der Waals surface area contributed by atoms with Crippen LogP contribution in [0.3, 0.4) is 0 Å². The quantitative estimate of drug-likeness (QED) is 0.791. The average molecular weight is 373 g/mol. The molecule has 1 atom stereocenters. The molecule has 1 saturated heterocycles. The third-order valence-electron chi connectivity index (χ3n) is 5.26. The van der Waals surface area contributed by atoms with Crippen LogP contribution >= 0.6 is 0 Å². The fourth-order valence-corrected chi connectivity index (χ4v) is 3.52. The summed E-state index contributed by atoms with van der Waals surface area (Å²) in [6.07, 6.45) is 4.69. The first-order valence-electron chi connectivity index (χ1n) is 9.49. The number of rotatable bonds is 5. The number of amides is 3. The molecule has 4 rings (SSSR count). The summed E-state index contributed by atoms with van der Waals surface area (Å²) in [6.45, 7) is 1.71. The van der Waals surface area contributed by atoms with Crippen molar-refractivity contribution in [1.29, 1.82) is 0 Å². The Morgan fingerprint density at radius 3 is 2.89 bits per heavy atom. The maximum Gasteiger partial charge on any atom is 0.289 e. The van der Waals surface area contributed by atoms with Crippen molar-refractivity contribution in [3.05, 3.63) is 17.5 Å². The van der Waals surface area contributed by atoms with E-state index in [4.69, 9.17) is 4.52 Å². The van der Waals surface area contributed by atoms with Gasteiger partial charge in [-0.25, -0.2) is 5.43 Å². The molecule has 144 valence electrons. The largest absolute Gasteiger partial charge is 0.351 e. The third kappa shape index (κ3) is 4.17. The van der Waals surface area contributed by atoms with Gasteiger partial charge in [-0.3, -0.25) is 14.4 Å². The van der Waals surface area contributed by atoms with Crippen molar-refractivity contribution in [2.45, 2.75) is 44.4 Å². The highest BCUT2D eigenvalue weighted by atomic mass is 16.5. The van der Waals surface area contributed by atoms with Crippen LogP contribution in [0.25, 0.3) is 0 Å². The molecule has 1 saturated carbocycles. The number of carbonyl (C=O) groups is 3. The minimum atomic E-state index is -0.266. The topological polar surface area (TPSA) is 117 Å². The minimum Gasteiger partial charge on any atom is -0.351 e. The highest BCUT2D eigenvalue weighted by Gasteiger charge is 2.30. The lowest BCUT2D eigenvalue weighted by Crippen LogP contribution is -2.47. The molecular weight excluding hydrogens is 350 g/mol. The van der Waals surface area contributed by atoms with Crippen molar-refractivity contribution < 1.29 is 18.9 Å². The van der Waals surface area contributed by atoms with Crippen LogP contribution in [0.5, 0.6) is 0 Å². The Morgan fingerprint density at radius 2 is 2.15 bits per heavy atom. The lowest BCUT2D eigenvalue weighted by Gasteiger charge is -2.33. The molecule has 9 heteroatoms. The van der Waals surface area contributed by atoms with Crippen LogP contribution < -0.4 is 10.7 Å². The number of piperidine rings is 1. The van der Waals surface area contributed by atoms with E-state index in [9.17, 15) is 14.4 Å². The van der Waals surface area contributed by atoms with Gasteiger partial charge in [0.2, 0.25) is 11.7 Å². The van der Waals surface area contributed by atoms with E-state index in [2.05, 4.69) is 21.0 Å². The first-order chi connectivity index (χ1) is 13.1. The van der Waals surface area contributed by atoms with Crippen LogP contribution in [0.2, 0.25) is 0 Å².